The van der Waals surface area contributed by atoms with Crippen LogP contribution >= 0.6 is 0 Å². The van der Waals surface area contributed by atoms with Gasteiger partial charge in [-0.25, -0.2) is 0 Å². The van der Waals surface area contributed by atoms with Crippen molar-refractivity contribution in [2.75, 3.05) is 19.0 Å². The Morgan fingerprint density at radius 1 is 1.00 bits per heavy atom. The fourth-order valence-electron chi connectivity index (χ4n) is 2.20. The first-order chi connectivity index (χ1) is 11.6. The van der Waals surface area contributed by atoms with Crippen molar-refractivity contribution in [1.82, 2.24) is 5.32 Å². The van der Waals surface area contributed by atoms with E-state index < -0.39 is 0 Å². The van der Waals surface area contributed by atoms with Gasteiger partial charge in [0.25, 0.3) is 5.91 Å². The molecule has 2 rings (SSSR count). The highest BCUT2D eigenvalue weighted by Crippen LogP contribution is 2.16. The van der Waals surface area contributed by atoms with Crippen molar-refractivity contribution in [2.24, 2.45) is 0 Å². The first kappa shape index (κ1) is 17.5. The van der Waals surface area contributed by atoms with Gasteiger partial charge in [0.15, 0.2) is 6.61 Å². The van der Waals surface area contributed by atoms with E-state index in [1.54, 1.807) is 7.05 Å². The lowest BCUT2D eigenvalue weighted by molar-refractivity contribution is -0.120. The number of anilines is 1. The van der Waals surface area contributed by atoms with Crippen LogP contribution in [0.3, 0.4) is 0 Å². The molecule has 2 N–H and O–H groups in total. The van der Waals surface area contributed by atoms with Crippen molar-refractivity contribution < 1.29 is 14.3 Å². The van der Waals surface area contributed by atoms with Crippen molar-refractivity contribution in [2.45, 2.75) is 19.8 Å². The molecular formula is C19H22N2O3. The van der Waals surface area contributed by atoms with Crippen LogP contribution in [0.2, 0.25) is 0 Å². The van der Waals surface area contributed by atoms with E-state index in [-0.39, 0.29) is 18.4 Å². The minimum absolute atomic E-state index is 0.0146. The molecule has 0 spiro atoms. The summed E-state index contributed by atoms with van der Waals surface area (Å²) in [7, 11) is 1.62. The quantitative estimate of drug-likeness (QED) is 0.822. The van der Waals surface area contributed by atoms with E-state index in [0.29, 0.717) is 24.3 Å². The third kappa shape index (κ3) is 5.43. The first-order valence-electron chi connectivity index (χ1n) is 7.86. The highest BCUT2D eigenvalue weighted by Gasteiger charge is 2.06. The van der Waals surface area contributed by atoms with Gasteiger partial charge in [-0.15, -0.1) is 0 Å². The summed E-state index contributed by atoms with van der Waals surface area (Å²) in [4.78, 5) is 23.2. The van der Waals surface area contributed by atoms with Crippen LogP contribution in [0, 0.1) is 6.92 Å². The molecule has 2 amide bonds. The Labute approximate surface area is 142 Å². The first-order valence-corrected chi connectivity index (χ1v) is 7.86. The summed E-state index contributed by atoms with van der Waals surface area (Å²) >= 11 is 0. The van der Waals surface area contributed by atoms with E-state index in [4.69, 9.17) is 4.74 Å². The molecule has 5 nitrogen and oxygen atoms in total. The third-order valence-electron chi connectivity index (χ3n) is 3.61. The molecule has 0 aromatic heterocycles. The Morgan fingerprint density at radius 2 is 1.71 bits per heavy atom. The highest BCUT2D eigenvalue weighted by atomic mass is 16.5. The molecule has 0 aliphatic rings. The number of carbonyl (C=O) groups is 2. The van der Waals surface area contributed by atoms with E-state index in [1.807, 2.05) is 55.5 Å². The number of rotatable bonds is 7. The second kappa shape index (κ2) is 8.72. The zero-order chi connectivity index (χ0) is 17.4. The number of hydrogen-bond acceptors (Lipinski definition) is 3. The minimum Gasteiger partial charge on any atom is -0.483 e. The molecule has 0 heterocycles. The average Bonchev–Trinajstić information content (AvgIpc) is 2.60. The number of amides is 2. The van der Waals surface area contributed by atoms with Gasteiger partial charge in [-0.3, -0.25) is 9.59 Å². The van der Waals surface area contributed by atoms with E-state index in [0.717, 1.165) is 11.1 Å². The Morgan fingerprint density at radius 3 is 2.38 bits per heavy atom. The molecule has 0 aliphatic heterocycles. The maximum atomic E-state index is 11.9. The van der Waals surface area contributed by atoms with Crippen molar-refractivity contribution in [1.29, 1.82) is 0 Å². The molecule has 126 valence electrons. The van der Waals surface area contributed by atoms with Gasteiger partial charge in [-0.05, 0) is 42.7 Å². The predicted molar refractivity (Wildman–Crippen MR) is 94.1 cm³/mol. The summed E-state index contributed by atoms with van der Waals surface area (Å²) in [6.07, 6.45) is 1.12. The van der Waals surface area contributed by atoms with Crippen molar-refractivity contribution in [3.63, 3.8) is 0 Å². The molecule has 2 aromatic carbocycles. The molecule has 24 heavy (non-hydrogen) atoms. The Hall–Kier alpha value is -2.82. The molecular weight excluding hydrogens is 304 g/mol. The minimum atomic E-state index is -0.212. The lowest BCUT2D eigenvalue weighted by Gasteiger charge is -2.10. The molecule has 0 atom stereocenters. The fourth-order valence-corrected chi connectivity index (χ4v) is 2.20. The Kier molecular flexibility index (Phi) is 6.37. The van der Waals surface area contributed by atoms with Crippen molar-refractivity contribution in [3.8, 4) is 5.75 Å². The summed E-state index contributed by atoms with van der Waals surface area (Å²) in [5.41, 5.74) is 2.75. The number of hydrogen-bond donors (Lipinski definition) is 2. The monoisotopic (exact) mass is 326 g/mol. The molecule has 0 radical (unpaired) electrons. The van der Waals surface area contributed by atoms with Crippen LogP contribution < -0.4 is 15.4 Å². The summed E-state index contributed by atoms with van der Waals surface area (Å²) < 4.78 is 5.52. The van der Waals surface area contributed by atoms with Gasteiger partial charge in [0, 0.05) is 19.2 Å². The number of ether oxygens (including phenoxy) is 1. The number of benzene rings is 2. The SMILES string of the molecule is CNC(=O)CCc1ccc(NC(=O)COc2ccccc2C)cc1. The summed E-state index contributed by atoms with van der Waals surface area (Å²) in [5.74, 6) is 0.509. The van der Waals surface area contributed by atoms with Crippen LogP contribution in [0.5, 0.6) is 5.75 Å². The topological polar surface area (TPSA) is 67.4 Å². The maximum Gasteiger partial charge on any atom is 0.262 e. The van der Waals surface area contributed by atoms with Crippen LogP contribution in [-0.4, -0.2) is 25.5 Å². The molecule has 0 fully saturated rings. The molecule has 2 aromatic rings. The molecule has 0 bridgehead atoms. The van der Waals surface area contributed by atoms with Gasteiger partial charge in [0.1, 0.15) is 5.75 Å². The number of carbonyl (C=O) groups excluding carboxylic acids is 2. The second-order valence-corrected chi connectivity index (χ2v) is 5.47. The highest BCUT2D eigenvalue weighted by molar-refractivity contribution is 5.91. The standard InChI is InChI=1S/C19H22N2O3/c1-14-5-3-4-6-17(14)24-13-19(23)21-16-10-7-15(8-11-16)9-12-18(22)20-2/h3-8,10-11H,9,12-13H2,1-2H3,(H,20,22)(H,21,23). The fraction of sp³-hybridized carbons (Fsp3) is 0.263. The van der Waals surface area contributed by atoms with Crippen molar-refractivity contribution in [3.05, 3.63) is 59.7 Å². The van der Waals surface area contributed by atoms with Crippen LogP contribution in [0.25, 0.3) is 0 Å². The third-order valence-corrected chi connectivity index (χ3v) is 3.61. The Bertz CT molecular complexity index is 696. The van der Waals surface area contributed by atoms with Gasteiger partial charge in [0.05, 0.1) is 0 Å². The molecule has 5 heteroatoms. The molecule has 0 aliphatic carbocycles. The Balaban J connectivity index is 1.81. The summed E-state index contributed by atoms with van der Waals surface area (Å²) in [6.45, 7) is 1.90. The zero-order valence-electron chi connectivity index (χ0n) is 14.0. The lowest BCUT2D eigenvalue weighted by Crippen LogP contribution is -2.20. The predicted octanol–water partition coefficient (Wildman–Crippen LogP) is 2.69. The van der Waals surface area contributed by atoms with Crippen LogP contribution in [0.4, 0.5) is 5.69 Å². The molecule has 0 saturated heterocycles. The van der Waals surface area contributed by atoms with E-state index in [9.17, 15) is 9.59 Å². The van der Waals surface area contributed by atoms with Crippen LogP contribution in [-0.2, 0) is 16.0 Å². The maximum absolute atomic E-state index is 11.9. The van der Waals surface area contributed by atoms with Gasteiger partial charge in [-0.2, -0.15) is 0 Å². The van der Waals surface area contributed by atoms with E-state index in [1.165, 1.54) is 0 Å². The van der Waals surface area contributed by atoms with Gasteiger partial charge in [-0.1, -0.05) is 30.3 Å². The number of aryl methyl sites for hydroxylation is 2. The molecule has 0 saturated carbocycles. The second-order valence-electron chi connectivity index (χ2n) is 5.47. The average molecular weight is 326 g/mol. The van der Waals surface area contributed by atoms with E-state index in [2.05, 4.69) is 10.6 Å². The van der Waals surface area contributed by atoms with Gasteiger partial charge in [0.2, 0.25) is 5.91 Å². The zero-order valence-corrected chi connectivity index (χ0v) is 14.0. The number of para-hydroxylation sites is 1. The normalized spacial score (nSPS) is 10.1. The van der Waals surface area contributed by atoms with Crippen LogP contribution in [0.15, 0.2) is 48.5 Å². The van der Waals surface area contributed by atoms with Gasteiger partial charge >= 0.3 is 0 Å². The number of nitrogens with one attached hydrogen (secondary N) is 2. The van der Waals surface area contributed by atoms with E-state index >= 15 is 0 Å². The van der Waals surface area contributed by atoms with Crippen LogP contribution in [0.1, 0.15) is 17.5 Å². The molecule has 0 unspecified atom stereocenters. The van der Waals surface area contributed by atoms with Gasteiger partial charge < -0.3 is 15.4 Å². The summed E-state index contributed by atoms with van der Waals surface area (Å²) in [6, 6.07) is 15.0. The lowest BCUT2D eigenvalue weighted by atomic mass is 10.1. The largest absolute Gasteiger partial charge is 0.483 e. The smallest absolute Gasteiger partial charge is 0.262 e. The van der Waals surface area contributed by atoms with Crippen molar-refractivity contribution >= 4 is 17.5 Å². The summed E-state index contributed by atoms with van der Waals surface area (Å²) in [5, 5.41) is 5.39.